The third kappa shape index (κ3) is 3.95. The van der Waals surface area contributed by atoms with E-state index in [2.05, 4.69) is 25.8 Å². The van der Waals surface area contributed by atoms with E-state index in [1.54, 1.807) is 0 Å². The highest BCUT2D eigenvalue weighted by molar-refractivity contribution is 4.73. The SMILES string of the molecule is CC(C)C(N)CN(C)CC1CCCO1. The van der Waals surface area contributed by atoms with Gasteiger partial charge >= 0.3 is 0 Å². The zero-order valence-electron chi connectivity index (χ0n) is 9.70. The van der Waals surface area contributed by atoms with Crippen molar-refractivity contribution in [2.45, 2.75) is 38.8 Å². The first-order chi connectivity index (χ1) is 6.59. The number of nitrogens with zero attached hydrogens (tertiary/aromatic N) is 1. The van der Waals surface area contributed by atoms with Crippen LogP contribution in [0.1, 0.15) is 26.7 Å². The maximum atomic E-state index is 6.01. The molecule has 0 aliphatic carbocycles. The van der Waals surface area contributed by atoms with E-state index >= 15 is 0 Å². The summed E-state index contributed by atoms with van der Waals surface area (Å²) >= 11 is 0. The lowest BCUT2D eigenvalue weighted by atomic mass is 10.1. The van der Waals surface area contributed by atoms with Gasteiger partial charge < -0.3 is 15.4 Å². The monoisotopic (exact) mass is 200 g/mol. The van der Waals surface area contributed by atoms with Crippen LogP contribution in [0.3, 0.4) is 0 Å². The van der Waals surface area contributed by atoms with Gasteiger partial charge in [0.2, 0.25) is 0 Å². The Morgan fingerprint density at radius 3 is 2.71 bits per heavy atom. The van der Waals surface area contributed by atoms with Gasteiger partial charge in [-0.25, -0.2) is 0 Å². The van der Waals surface area contributed by atoms with Gasteiger partial charge in [-0.3, -0.25) is 0 Å². The van der Waals surface area contributed by atoms with Crippen LogP contribution in [0.4, 0.5) is 0 Å². The largest absolute Gasteiger partial charge is 0.377 e. The molecule has 2 atom stereocenters. The van der Waals surface area contributed by atoms with Crippen LogP contribution >= 0.6 is 0 Å². The topological polar surface area (TPSA) is 38.5 Å². The molecule has 14 heavy (non-hydrogen) atoms. The van der Waals surface area contributed by atoms with E-state index in [0.717, 1.165) is 19.7 Å². The average molecular weight is 200 g/mol. The molecular formula is C11H24N2O. The van der Waals surface area contributed by atoms with Gasteiger partial charge in [0.25, 0.3) is 0 Å². The predicted molar refractivity (Wildman–Crippen MR) is 59.3 cm³/mol. The molecule has 0 aromatic heterocycles. The lowest BCUT2D eigenvalue weighted by Gasteiger charge is -2.25. The van der Waals surface area contributed by atoms with Gasteiger partial charge in [-0.15, -0.1) is 0 Å². The van der Waals surface area contributed by atoms with E-state index in [0.29, 0.717) is 12.0 Å². The van der Waals surface area contributed by atoms with Crippen LogP contribution in [0.15, 0.2) is 0 Å². The molecule has 0 bridgehead atoms. The van der Waals surface area contributed by atoms with Crippen molar-refractivity contribution >= 4 is 0 Å². The van der Waals surface area contributed by atoms with E-state index in [1.807, 2.05) is 0 Å². The van der Waals surface area contributed by atoms with Gasteiger partial charge in [-0.2, -0.15) is 0 Å². The summed E-state index contributed by atoms with van der Waals surface area (Å²) in [5.74, 6) is 0.557. The minimum Gasteiger partial charge on any atom is -0.377 e. The third-order valence-corrected chi connectivity index (χ3v) is 2.92. The molecule has 3 heteroatoms. The van der Waals surface area contributed by atoms with Crippen LogP contribution in [0.25, 0.3) is 0 Å². The summed E-state index contributed by atoms with van der Waals surface area (Å²) in [6.45, 7) is 7.28. The summed E-state index contributed by atoms with van der Waals surface area (Å²) in [7, 11) is 2.13. The summed E-state index contributed by atoms with van der Waals surface area (Å²) in [6, 6.07) is 0.279. The fraction of sp³-hybridized carbons (Fsp3) is 1.00. The third-order valence-electron chi connectivity index (χ3n) is 2.92. The first-order valence-electron chi connectivity index (χ1n) is 5.65. The van der Waals surface area contributed by atoms with Crippen molar-refractivity contribution in [2.24, 2.45) is 11.7 Å². The summed E-state index contributed by atoms with van der Waals surface area (Å²) < 4.78 is 5.58. The fourth-order valence-electron chi connectivity index (χ4n) is 1.78. The molecule has 84 valence electrons. The highest BCUT2D eigenvalue weighted by Crippen LogP contribution is 2.13. The zero-order chi connectivity index (χ0) is 10.6. The van der Waals surface area contributed by atoms with E-state index < -0.39 is 0 Å². The second-order valence-corrected chi connectivity index (χ2v) is 4.76. The Kier molecular flexibility index (Phi) is 4.85. The normalized spacial score (nSPS) is 24.9. The van der Waals surface area contributed by atoms with Gasteiger partial charge in [-0.05, 0) is 25.8 Å². The molecule has 0 radical (unpaired) electrons. The fourth-order valence-corrected chi connectivity index (χ4v) is 1.78. The number of ether oxygens (including phenoxy) is 1. The molecule has 0 amide bonds. The molecule has 2 N–H and O–H groups in total. The molecule has 2 unspecified atom stereocenters. The second kappa shape index (κ2) is 5.69. The summed E-state index contributed by atoms with van der Waals surface area (Å²) in [5, 5.41) is 0. The number of rotatable bonds is 5. The van der Waals surface area contributed by atoms with Crippen molar-refractivity contribution in [2.75, 3.05) is 26.7 Å². The van der Waals surface area contributed by atoms with Crippen molar-refractivity contribution in [3.05, 3.63) is 0 Å². The maximum absolute atomic E-state index is 6.01. The van der Waals surface area contributed by atoms with Crippen molar-refractivity contribution in [1.82, 2.24) is 4.90 Å². The summed E-state index contributed by atoms with van der Waals surface area (Å²) in [5.41, 5.74) is 6.01. The Morgan fingerprint density at radius 1 is 1.50 bits per heavy atom. The van der Waals surface area contributed by atoms with Gasteiger partial charge in [-0.1, -0.05) is 13.8 Å². The van der Waals surface area contributed by atoms with E-state index in [-0.39, 0.29) is 6.04 Å². The Labute approximate surface area is 87.6 Å². The Balaban J connectivity index is 2.17. The zero-order valence-corrected chi connectivity index (χ0v) is 9.70. The van der Waals surface area contributed by atoms with E-state index in [1.165, 1.54) is 12.8 Å². The predicted octanol–water partition coefficient (Wildman–Crippen LogP) is 1.08. The van der Waals surface area contributed by atoms with Crippen LogP contribution in [-0.4, -0.2) is 43.8 Å². The Morgan fingerprint density at radius 2 is 2.21 bits per heavy atom. The average Bonchev–Trinajstić information content (AvgIpc) is 2.56. The molecule has 3 nitrogen and oxygen atoms in total. The van der Waals surface area contributed by atoms with Gasteiger partial charge in [0.05, 0.1) is 6.10 Å². The van der Waals surface area contributed by atoms with Gasteiger partial charge in [0, 0.05) is 25.7 Å². The number of hydrogen-bond donors (Lipinski definition) is 1. The number of hydrogen-bond acceptors (Lipinski definition) is 3. The minimum atomic E-state index is 0.279. The molecule has 1 rings (SSSR count). The molecule has 0 saturated carbocycles. The van der Waals surface area contributed by atoms with Gasteiger partial charge in [0.1, 0.15) is 0 Å². The van der Waals surface area contributed by atoms with Crippen LogP contribution in [0, 0.1) is 5.92 Å². The van der Waals surface area contributed by atoms with Crippen molar-refractivity contribution in [1.29, 1.82) is 0 Å². The quantitative estimate of drug-likeness (QED) is 0.722. The molecule has 1 heterocycles. The second-order valence-electron chi connectivity index (χ2n) is 4.76. The van der Waals surface area contributed by atoms with Crippen LogP contribution < -0.4 is 5.73 Å². The molecule has 1 fully saturated rings. The molecule has 0 aromatic rings. The minimum absolute atomic E-state index is 0.279. The molecular weight excluding hydrogens is 176 g/mol. The Hall–Kier alpha value is -0.120. The molecule has 1 aliphatic rings. The summed E-state index contributed by atoms with van der Waals surface area (Å²) in [6.07, 6.45) is 2.87. The van der Waals surface area contributed by atoms with Crippen LogP contribution in [-0.2, 0) is 4.74 Å². The molecule has 0 spiro atoms. The number of likely N-dealkylation sites (N-methyl/N-ethyl adjacent to an activating group) is 1. The molecule has 0 aromatic carbocycles. The molecule has 1 aliphatic heterocycles. The first kappa shape index (κ1) is 12.0. The smallest absolute Gasteiger partial charge is 0.0702 e. The van der Waals surface area contributed by atoms with Crippen LogP contribution in [0.5, 0.6) is 0 Å². The lowest BCUT2D eigenvalue weighted by Crippen LogP contribution is -2.41. The number of nitrogens with two attached hydrogens (primary N) is 1. The maximum Gasteiger partial charge on any atom is 0.0702 e. The van der Waals surface area contributed by atoms with Crippen molar-refractivity contribution in [3.8, 4) is 0 Å². The first-order valence-corrected chi connectivity index (χ1v) is 5.65. The van der Waals surface area contributed by atoms with Gasteiger partial charge in [0.15, 0.2) is 0 Å². The summed E-state index contributed by atoms with van der Waals surface area (Å²) in [4.78, 5) is 2.29. The highest BCUT2D eigenvalue weighted by atomic mass is 16.5. The van der Waals surface area contributed by atoms with Crippen molar-refractivity contribution < 1.29 is 4.74 Å². The van der Waals surface area contributed by atoms with E-state index in [4.69, 9.17) is 10.5 Å². The standard InChI is InChI=1S/C11H24N2O/c1-9(2)11(12)8-13(3)7-10-5-4-6-14-10/h9-11H,4-8,12H2,1-3H3. The van der Waals surface area contributed by atoms with Crippen LogP contribution in [0.2, 0.25) is 0 Å². The molecule has 1 saturated heterocycles. The van der Waals surface area contributed by atoms with Crippen molar-refractivity contribution in [3.63, 3.8) is 0 Å². The Bertz CT molecular complexity index is 151. The lowest BCUT2D eigenvalue weighted by molar-refractivity contribution is 0.0782. The highest BCUT2D eigenvalue weighted by Gasteiger charge is 2.18. The van der Waals surface area contributed by atoms with E-state index in [9.17, 15) is 0 Å².